The first-order valence-corrected chi connectivity index (χ1v) is 7.73. The fourth-order valence-corrected chi connectivity index (χ4v) is 3.40. The van der Waals surface area contributed by atoms with E-state index in [-0.39, 0.29) is 11.9 Å². The van der Waals surface area contributed by atoms with Crippen LogP contribution in [0.3, 0.4) is 0 Å². The molecule has 1 aliphatic heterocycles. The molecule has 6 heteroatoms. The first kappa shape index (κ1) is 14.5. The molecular weight excluding hydrogens is 282 g/mol. The number of thioether (sulfide) groups is 1. The summed E-state index contributed by atoms with van der Waals surface area (Å²) in [6, 6.07) is 1.93. The van der Waals surface area contributed by atoms with Crippen LogP contribution in [0.25, 0.3) is 0 Å². The molecule has 0 spiro atoms. The molecule has 104 valence electrons. The quantitative estimate of drug-likeness (QED) is 0.912. The third kappa shape index (κ3) is 2.98. The van der Waals surface area contributed by atoms with E-state index < -0.39 is 0 Å². The van der Waals surface area contributed by atoms with Gasteiger partial charge in [0.2, 0.25) is 0 Å². The van der Waals surface area contributed by atoms with Gasteiger partial charge >= 0.3 is 0 Å². The predicted molar refractivity (Wildman–Crippen MR) is 81.2 cm³/mol. The van der Waals surface area contributed by atoms with E-state index in [0.29, 0.717) is 21.7 Å². The van der Waals surface area contributed by atoms with Gasteiger partial charge in [0, 0.05) is 36.8 Å². The van der Waals surface area contributed by atoms with Crippen molar-refractivity contribution in [3.05, 3.63) is 22.8 Å². The van der Waals surface area contributed by atoms with Crippen LogP contribution in [-0.2, 0) is 0 Å². The molecule has 1 fully saturated rings. The Morgan fingerprint density at radius 1 is 1.58 bits per heavy atom. The minimum Gasteiger partial charge on any atom is -0.373 e. The van der Waals surface area contributed by atoms with Crippen molar-refractivity contribution in [3.8, 4) is 0 Å². The minimum absolute atomic E-state index is 0.0106. The van der Waals surface area contributed by atoms with Gasteiger partial charge in [-0.15, -0.1) is 0 Å². The van der Waals surface area contributed by atoms with Crippen LogP contribution in [0.2, 0.25) is 5.02 Å². The Balaban J connectivity index is 2.28. The first-order chi connectivity index (χ1) is 9.04. The van der Waals surface area contributed by atoms with Crippen LogP contribution in [0.4, 0.5) is 5.82 Å². The molecule has 1 aromatic heterocycles. The largest absolute Gasteiger partial charge is 0.373 e. The van der Waals surface area contributed by atoms with Crippen molar-refractivity contribution in [2.45, 2.75) is 25.1 Å². The molecule has 0 aromatic carbocycles. The minimum atomic E-state index is -0.0106. The van der Waals surface area contributed by atoms with Gasteiger partial charge in [-0.2, -0.15) is 11.8 Å². The number of carbonyl (C=O) groups is 1. The normalized spacial score (nSPS) is 23.3. The topological polar surface area (TPSA) is 45.2 Å². The molecule has 1 amide bonds. The van der Waals surface area contributed by atoms with Crippen LogP contribution in [0.5, 0.6) is 0 Å². The molecule has 1 N–H and O–H groups in total. The highest BCUT2D eigenvalue weighted by Gasteiger charge is 2.30. The molecule has 1 aliphatic rings. The van der Waals surface area contributed by atoms with Gasteiger partial charge in [-0.05, 0) is 13.0 Å². The smallest absolute Gasteiger partial charge is 0.255 e. The number of hydrogen-bond donors (Lipinski definition) is 1. The third-order valence-electron chi connectivity index (χ3n) is 3.49. The number of carbonyl (C=O) groups excluding carboxylic acids is 1. The highest BCUT2D eigenvalue weighted by atomic mass is 35.5. The Hall–Kier alpha value is -0.940. The monoisotopic (exact) mass is 299 g/mol. The second-order valence-electron chi connectivity index (χ2n) is 4.61. The van der Waals surface area contributed by atoms with Crippen molar-refractivity contribution in [2.75, 3.05) is 24.7 Å². The zero-order valence-corrected chi connectivity index (χ0v) is 12.9. The van der Waals surface area contributed by atoms with E-state index in [4.69, 9.17) is 11.6 Å². The maximum atomic E-state index is 12.6. The van der Waals surface area contributed by atoms with E-state index in [2.05, 4.69) is 24.1 Å². The third-order valence-corrected chi connectivity index (χ3v) is 5.13. The molecule has 19 heavy (non-hydrogen) atoms. The van der Waals surface area contributed by atoms with Crippen LogP contribution >= 0.6 is 23.4 Å². The summed E-state index contributed by atoms with van der Waals surface area (Å²) < 4.78 is 0. The molecular formula is C13H18ClN3OS. The Bertz CT molecular complexity index is 483. The molecule has 0 saturated carbocycles. The van der Waals surface area contributed by atoms with Crippen molar-refractivity contribution >= 4 is 35.1 Å². The molecule has 4 nitrogen and oxygen atoms in total. The Labute approximate surface area is 122 Å². The summed E-state index contributed by atoms with van der Waals surface area (Å²) in [6.45, 7) is 5.01. The number of anilines is 1. The number of rotatable bonds is 2. The fourth-order valence-electron chi connectivity index (χ4n) is 2.11. The molecule has 2 atom stereocenters. The molecule has 0 radical (unpaired) electrons. The average Bonchev–Trinajstić information content (AvgIpc) is 2.42. The lowest BCUT2D eigenvalue weighted by atomic mass is 10.1. The summed E-state index contributed by atoms with van der Waals surface area (Å²) in [7, 11) is 1.77. The predicted octanol–water partition coefficient (Wildman–Crippen LogP) is 2.74. The summed E-state index contributed by atoms with van der Waals surface area (Å²) >= 11 is 8.01. The van der Waals surface area contributed by atoms with E-state index in [1.54, 1.807) is 13.1 Å². The molecule has 2 rings (SSSR count). The number of pyridine rings is 1. The van der Waals surface area contributed by atoms with E-state index in [1.165, 1.54) is 6.20 Å². The number of amides is 1. The maximum absolute atomic E-state index is 12.6. The second-order valence-corrected chi connectivity index (χ2v) is 6.51. The van der Waals surface area contributed by atoms with Crippen molar-refractivity contribution < 1.29 is 4.79 Å². The summed E-state index contributed by atoms with van der Waals surface area (Å²) in [5, 5.41) is 3.78. The van der Waals surface area contributed by atoms with Gasteiger partial charge in [-0.1, -0.05) is 18.5 Å². The lowest BCUT2D eigenvalue weighted by Gasteiger charge is -2.37. The fraction of sp³-hybridized carbons (Fsp3) is 0.538. The highest BCUT2D eigenvalue weighted by molar-refractivity contribution is 8.00. The maximum Gasteiger partial charge on any atom is 0.255 e. The Kier molecular flexibility index (Phi) is 4.58. The van der Waals surface area contributed by atoms with E-state index in [9.17, 15) is 4.79 Å². The van der Waals surface area contributed by atoms with Gasteiger partial charge in [0.25, 0.3) is 5.91 Å². The van der Waals surface area contributed by atoms with Crippen molar-refractivity contribution in [1.29, 1.82) is 0 Å². The molecule has 0 bridgehead atoms. The molecule has 1 aromatic rings. The van der Waals surface area contributed by atoms with Gasteiger partial charge in [0.1, 0.15) is 5.82 Å². The number of nitrogens with one attached hydrogen (secondary N) is 1. The van der Waals surface area contributed by atoms with Gasteiger partial charge in [0.15, 0.2) is 0 Å². The Morgan fingerprint density at radius 3 is 3.00 bits per heavy atom. The van der Waals surface area contributed by atoms with Crippen molar-refractivity contribution in [1.82, 2.24) is 9.88 Å². The van der Waals surface area contributed by atoms with Crippen LogP contribution in [0.1, 0.15) is 24.2 Å². The number of hydrogen-bond acceptors (Lipinski definition) is 4. The standard InChI is InChI=1S/C13H18ClN3OS/c1-8-9(2)19-5-4-17(8)13(18)10-6-12(15-3)16-7-11(10)14/h6-9H,4-5H2,1-3H3,(H,15,16). The Morgan fingerprint density at radius 2 is 2.32 bits per heavy atom. The molecule has 2 heterocycles. The lowest BCUT2D eigenvalue weighted by molar-refractivity contribution is 0.0698. The number of aromatic nitrogens is 1. The molecule has 0 aliphatic carbocycles. The second kappa shape index (κ2) is 6.01. The highest BCUT2D eigenvalue weighted by Crippen LogP contribution is 2.27. The molecule has 1 saturated heterocycles. The zero-order chi connectivity index (χ0) is 14.0. The average molecular weight is 300 g/mol. The zero-order valence-electron chi connectivity index (χ0n) is 11.3. The lowest BCUT2D eigenvalue weighted by Crippen LogP contribution is -2.48. The van der Waals surface area contributed by atoms with E-state index in [1.807, 2.05) is 16.7 Å². The van der Waals surface area contributed by atoms with Crippen LogP contribution < -0.4 is 5.32 Å². The van der Waals surface area contributed by atoms with Crippen molar-refractivity contribution in [3.63, 3.8) is 0 Å². The first-order valence-electron chi connectivity index (χ1n) is 6.30. The van der Waals surface area contributed by atoms with Gasteiger partial charge in [0.05, 0.1) is 10.6 Å². The SMILES string of the molecule is CNc1cc(C(=O)N2CCSC(C)C2C)c(Cl)cn1. The summed E-state index contributed by atoms with van der Waals surface area (Å²) in [4.78, 5) is 18.6. The summed E-state index contributed by atoms with van der Waals surface area (Å²) in [5.74, 6) is 1.61. The number of nitrogens with zero attached hydrogens (tertiary/aromatic N) is 2. The van der Waals surface area contributed by atoms with Crippen LogP contribution in [-0.4, -0.2) is 46.4 Å². The van der Waals surface area contributed by atoms with E-state index in [0.717, 1.165) is 12.3 Å². The summed E-state index contributed by atoms with van der Waals surface area (Å²) in [6.07, 6.45) is 1.52. The molecule has 2 unspecified atom stereocenters. The van der Waals surface area contributed by atoms with Gasteiger partial charge < -0.3 is 10.2 Å². The number of halogens is 1. The van der Waals surface area contributed by atoms with Crippen LogP contribution in [0, 0.1) is 0 Å². The van der Waals surface area contributed by atoms with Gasteiger partial charge in [-0.3, -0.25) is 4.79 Å². The van der Waals surface area contributed by atoms with Crippen molar-refractivity contribution in [2.24, 2.45) is 0 Å². The summed E-state index contributed by atoms with van der Waals surface area (Å²) in [5.41, 5.74) is 0.520. The van der Waals surface area contributed by atoms with Crippen LogP contribution in [0.15, 0.2) is 12.3 Å². The van der Waals surface area contributed by atoms with Gasteiger partial charge in [-0.25, -0.2) is 4.98 Å². The van der Waals surface area contributed by atoms with E-state index >= 15 is 0 Å².